The maximum atomic E-state index is 13.5. The molecule has 7 nitrogen and oxygen atoms in total. The van der Waals surface area contributed by atoms with Gasteiger partial charge in [-0.3, -0.25) is 13.9 Å². The van der Waals surface area contributed by atoms with Crippen LogP contribution in [0.1, 0.15) is 24.5 Å². The van der Waals surface area contributed by atoms with Gasteiger partial charge in [-0.25, -0.2) is 4.79 Å². The first-order valence-electron chi connectivity index (χ1n) is 12.1. The molecule has 1 aliphatic heterocycles. The van der Waals surface area contributed by atoms with Crippen LogP contribution in [-0.2, 0) is 33.0 Å². The van der Waals surface area contributed by atoms with Crippen molar-refractivity contribution in [2.75, 3.05) is 18.0 Å². The zero-order valence-electron chi connectivity index (χ0n) is 19.9. The smallest absolute Gasteiger partial charge is 0.332 e. The lowest BCUT2D eigenvalue weighted by Gasteiger charge is -2.33. The number of benzene rings is 2. The van der Waals surface area contributed by atoms with Gasteiger partial charge in [0.2, 0.25) is 5.95 Å². The Bertz CT molecular complexity index is 1400. The van der Waals surface area contributed by atoms with Crippen molar-refractivity contribution in [3.05, 3.63) is 92.6 Å². The summed E-state index contributed by atoms with van der Waals surface area (Å²) in [5.41, 5.74) is 2.96. The number of aromatic nitrogens is 4. The van der Waals surface area contributed by atoms with Gasteiger partial charge in [-0.15, -0.1) is 0 Å². The van der Waals surface area contributed by atoms with Crippen LogP contribution >= 0.6 is 0 Å². The lowest BCUT2D eigenvalue weighted by molar-refractivity contribution is 0.436. The molecule has 0 radical (unpaired) electrons. The maximum Gasteiger partial charge on any atom is 0.332 e. The second-order valence-electron chi connectivity index (χ2n) is 9.37. The third kappa shape index (κ3) is 4.18. The topological polar surface area (TPSA) is 65.1 Å². The van der Waals surface area contributed by atoms with Gasteiger partial charge in [-0.2, -0.15) is 4.98 Å². The summed E-state index contributed by atoms with van der Waals surface area (Å²) >= 11 is 0. The summed E-state index contributed by atoms with van der Waals surface area (Å²) < 4.78 is 4.95. The Hall–Kier alpha value is -3.61. The fraction of sp³-hybridized carbons (Fsp3) is 0.370. The molecule has 4 aromatic rings. The first-order chi connectivity index (χ1) is 16.5. The molecule has 3 heterocycles. The van der Waals surface area contributed by atoms with E-state index in [0.29, 0.717) is 23.6 Å². The maximum absolute atomic E-state index is 13.5. The highest BCUT2D eigenvalue weighted by Gasteiger charge is 2.28. The Morgan fingerprint density at radius 1 is 0.882 bits per heavy atom. The van der Waals surface area contributed by atoms with Crippen LogP contribution in [-0.4, -0.2) is 31.8 Å². The van der Waals surface area contributed by atoms with Crippen molar-refractivity contribution in [1.29, 1.82) is 0 Å². The Kier molecular flexibility index (Phi) is 6.09. The monoisotopic (exact) mass is 457 g/mol. The molecule has 0 unspecified atom stereocenters. The molecule has 0 spiro atoms. The lowest BCUT2D eigenvalue weighted by atomic mass is 10.1. The van der Waals surface area contributed by atoms with Gasteiger partial charge in [-0.1, -0.05) is 67.6 Å². The quantitative estimate of drug-likeness (QED) is 0.427. The lowest BCUT2D eigenvalue weighted by Crippen LogP contribution is -2.41. The van der Waals surface area contributed by atoms with Gasteiger partial charge in [0, 0.05) is 33.2 Å². The third-order valence-corrected chi connectivity index (χ3v) is 6.72. The first kappa shape index (κ1) is 22.2. The molecule has 5 rings (SSSR count). The molecule has 2 aromatic heterocycles. The van der Waals surface area contributed by atoms with E-state index in [4.69, 9.17) is 4.98 Å². The average Bonchev–Trinajstić information content (AvgIpc) is 3.24. The zero-order chi connectivity index (χ0) is 23.7. The molecule has 0 fully saturated rings. The highest BCUT2D eigenvalue weighted by molar-refractivity contribution is 5.75. The molecule has 0 saturated heterocycles. The van der Waals surface area contributed by atoms with E-state index in [1.54, 1.807) is 7.05 Å². The third-order valence-electron chi connectivity index (χ3n) is 6.72. The van der Waals surface area contributed by atoms with Crippen molar-refractivity contribution in [3.63, 3.8) is 0 Å². The summed E-state index contributed by atoms with van der Waals surface area (Å²) in [6.07, 6.45) is 2.45. The number of hydrogen-bond acceptors (Lipinski definition) is 4. The van der Waals surface area contributed by atoms with Gasteiger partial charge in [0.15, 0.2) is 11.2 Å². The number of aryl methyl sites for hydroxylation is 2. The van der Waals surface area contributed by atoms with Crippen LogP contribution in [0, 0.1) is 5.92 Å². The standard InChI is InChI=1S/C27H31N5O2/c1-20-18-30(17-15-22-12-7-4-8-13-22)26-28-24-23(32(26)19-20)25(33)31(27(34)29(24)2)16-9-14-21-10-5-3-6-11-21/h3-8,10-13,20H,9,14-19H2,1-2H3/t20-/m1/s1. The van der Waals surface area contributed by atoms with Gasteiger partial charge >= 0.3 is 5.69 Å². The predicted molar refractivity (Wildman–Crippen MR) is 136 cm³/mol. The fourth-order valence-electron chi connectivity index (χ4n) is 4.98. The van der Waals surface area contributed by atoms with Crippen LogP contribution in [0.3, 0.4) is 0 Å². The summed E-state index contributed by atoms with van der Waals surface area (Å²) in [7, 11) is 1.72. The van der Waals surface area contributed by atoms with Crippen LogP contribution in [0.5, 0.6) is 0 Å². The molecule has 0 saturated carbocycles. The van der Waals surface area contributed by atoms with Crippen molar-refractivity contribution < 1.29 is 0 Å². The van der Waals surface area contributed by atoms with Gasteiger partial charge < -0.3 is 9.47 Å². The molecule has 2 aromatic carbocycles. The normalized spacial score (nSPS) is 15.6. The van der Waals surface area contributed by atoms with Crippen molar-refractivity contribution in [2.45, 2.75) is 39.3 Å². The Labute approximate surface area is 198 Å². The Morgan fingerprint density at radius 2 is 1.53 bits per heavy atom. The summed E-state index contributed by atoms with van der Waals surface area (Å²) in [5, 5.41) is 0. The highest BCUT2D eigenvalue weighted by atomic mass is 16.2. The van der Waals surface area contributed by atoms with Crippen LogP contribution in [0.4, 0.5) is 5.95 Å². The van der Waals surface area contributed by atoms with Gasteiger partial charge in [-0.05, 0) is 36.3 Å². The van der Waals surface area contributed by atoms with Crippen LogP contribution in [0.25, 0.3) is 11.2 Å². The average molecular weight is 458 g/mol. The second kappa shape index (κ2) is 9.33. The SMILES string of the molecule is C[C@@H]1CN(CCc2ccccc2)c2nc3c(c(=O)n(CCCc4ccccc4)c(=O)n3C)n2C1. The molecule has 176 valence electrons. The fourth-order valence-corrected chi connectivity index (χ4v) is 4.98. The molecule has 1 atom stereocenters. The largest absolute Gasteiger partial charge is 0.342 e. The molecule has 0 bridgehead atoms. The van der Waals surface area contributed by atoms with Crippen LogP contribution in [0.2, 0.25) is 0 Å². The summed E-state index contributed by atoms with van der Waals surface area (Å²) in [4.78, 5) is 33.7. The molecular formula is C27H31N5O2. The predicted octanol–water partition coefficient (Wildman–Crippen LogP) is 3.23. The van der Waals surface area contributed by atoms with Crippen molar-refractivity contribution in [3.8, 4) is 0 Å². The van der Waals surface area contributed by atoms with Gasteiger partial charge in [0.1, 0.15) is 0 Å². The van der Waals surface area contributed by atoms with Crippen molar-refractivity contribution in [2.24, 2.45) is 13.0 Å². The number of hydrogen-bond donors (Lipinski definition) is 0. The van der Waals surface area contributed by atoms with E-state index in [-0.39, 0.29) is 11.2 Å². The molecule has 0 amide bonds. The van der Waals surface area contributed by atoms with Gasteiger partial charge in [0.25, 0.3) is 5.56 Å². The van der Waals surface area contributed by atoms with E-state index in [1.807, 2.05) is 28.8 Å². The van der Waals surface area contributed by atoms with E-state index in [9.17, 15) is 9.59 Å². The number of fused-ring (bicyclic) bond motifs is 3. The molecule has 7 heteroatoms. The van der Waals surface area contributed by atoms with E-state index in [1.165, 1.54) is 20.3 Å². The second-order valence-corrected chi connectivity index (χ2v) is 9.37. The highest BCUT2D eigenvalue weighted by Crippen LogP contribution is 2.27. The van der Waals surface area contributed by atoms with E-state index in [2.05, 4.69) is 48.2 Å². The van der Waals surface area contributed by atoms with E-state index in [0.717, 1.165) is 44.8 Å². The number of imidazole rings is 1. The van der Waals surface area contributed by atoms with Crippen LogP contribution < -0.4 is 16.1 Å². The molecule has 0 N–H and O–H groups in total. The van der Waals surface area contributed by atoms with Crippen molar-refractivity contribution >= 4 is 17.1 Å². The first-order valence-corrected chi connectivity index (χ1v) is 12.1. The molecule has 1 aliphatic rings. The molecule has 34 heavy (non-hydrogen) atoms. The molecule has 0 aliphatic carbocycles. The van der Waals surface area contributed by atoms with E-state index >= 15 is 0 Å². The Balaban J connectivity index is 1.47. The minimum Gasteiger partial charge on any atom is -0.342 e. The minimum atomic E-state index is -0.301. The zero-order valence-corrected chi connectivity index (χ0v) is 19.9. The number of rotatable bonds is 7. The summed E-state index contributed by atoms with van der Waals surface area (Å²) in [5.74, 6) is 1.17. The molecular weight excluding hydrogens is 426 g/mol. The van der Waals surface area contributed by atoms with Gasteiger partial charge in [0.05, 0.1) is 0 Å². The summed E-state index contributed by atoms with van der Waals surface area (Å²) in [6, 6.07) is 20.6. The van der Waals surface area contributed by atoms with Crippen LogP contribution in [0.15, 0.2) is 70.3 Å². The minimum absolute atomic E-state index is 0.234. The van der Waals surface area contributed by atoms with Crippen molar-refractivity contribution in [1.82, 2.24) is 18.7 Å². The number of nitrogens with zero attached hydrogens (tertiary/aromatic N) is 5. The number of anilines is 1. The van der Waals surface area contributed by atoms with E-state index < -0.39 is 0 Å². The summed E-state index contributed by atoms with van der Waals surface area (Å²) in [6.45, 7) is 5.02. The Morgan fingerprint density at radius 3 is 2.21 bits per heavy atom.